The van der Waals surface area contributed by atoms with Crippen molar-refractivity contribution < 1.29 is 4.84 Å². The molecule has 3 heteroatoms. The van der Waals surface area contributed by atoms with Crippen molar-refractivity contribution in [3.05, 3.63) is 11.8 Å². The van der Waals surface area contributed by atoms with E-state index in [0.29, 0.717) is 6.42 Å². The van der Waals surface area contributed by atoms with Gasteiger partial charge < -0.3 is 0 Å². The average molecular weight is 140 g/mol. The molecule has 0 aliphatic carbocycles. The van der Waals surface area contributed by atoms with Gasteiger partial charge in [-0.1, -0.05) is 6.08 Å². The topological polar surface area (TPSA) is 45.0 Å². The van der Waals surface area contributed by atoms with Crippen molar-refractivity contribution in [3.8, 4) is 6.07 Å². The van der Waals surface area contributed by atoms with E-state index in [1.807, 2.05) is 13.0 Å². The van der Waals surface area contributed by atoms with Crippen molar-refractivity contribution in [2.75, 3.05) is 7.11 Å². The van der Waals surface area contributed by atoms with Gasteiger partial charge in [0.2, 0.25) is 0 Å². The van der Waals surface area contributed by atoms with Crippen LogP contribution in [0.1, 0.15) is 19.8 Å². The fourth-order valence-electron chi connectivity index (χ4n) is 0.556. The van der Waals surface area contributed by atoms with Crippen LogP contribution in [0.5, 0.6) is 0 Å². The summed E-state index contributed by atoms with van der Waals surface area (Å²) in [5.74, 6) is 0. The van der Waals surface area contributed by atoms with Gasteiger partial charge >= 0.3 is 0 Å². The zero-order valence-electron chi connectivity index (χ0n) is 6.35. The number of nitriles is 1. The van der Waals surface area contributed by atoms with Crippen LogP contribution in [0.15, 0.2) is 11.8 Å². The Balaban J connectivity index is 3.39. The molecule has 0 atom stereocenters. The normalized spacial score (nSPS) is 10.7. The van der Waals surface area contributed by atoms with E-state index in [9.17, 15) is 0 Å². The lowest BCUT2D eigenvalue weighted by Crippen LogP contribution is -2.07. The summed E-state index contributed by atoms with van der Waals surface area (Å²) in [6.07, 6.45) is 3.26. The fourth-order valence-corrected chi connectivity index (χ4v) is 0.556. The molecule has 3 nitrogen and oxygen atoms in total. The molecule has 56 valence electrons. The number of nitrogens with zero attached hydrogens (tertiary/aromatic N) is 1. The minimum absolute atomic E-state index is 0.558. The van der Waals surface area contributed by atoms with E-state index in [4.69, 9.17) is 5.26 Å². The Hall–Kier alpha value is -1.01. The third kappa shape index (κ3) is 5.13. The molecule has 0 radical (unpaired) electrons. The molecule has 0 amide bonds. The maximum absolute atomic E-state index is 8.18. The van der Waals surface area contributed by atoms with Gasteiger partial charge in [0.15, 0.2) is 0 Å². The predicted octanol–water partition coefficient (Wildman–Crippen LogP) is 1.34. The van der Waals surface area contributed by atoms with Crippen molar-refractivity contribution in [1.29, 1.82) is 5.26 Å². The summed E-state index contributed by atoms with van der Waals surface area (Å²) in [5, 5.41) is 8.18. The van der Waals surface area contributed by atoms with Crippen LogP contribution in [-0.4, -0.2) is 7.11 Å². The predicted molar refractivity (Wildman–Crippen MR) is 38.7 cm³/mol. The van der Waals surface area contributed by atoms with E-state index in [-0.39, 0.29) is 0 Å². The van der Waals surface area contributed by atoms with Gasteiger partial charge in [-0.15, -0.1) is 0 Å². The molecule has 0 heterocycles. The molecule has 0 saturated heterocycles. The quantitative estimate of drug-likeness (QED) is 0.473. The Kier molecular flexibility index (Phi) is 5.50. The molecule has 0 saturated carbocycles. The Morgan fingerprint density at radius 1 is 1.80 bits per heavy atom. The minimum Gasteiger partial charge on any atom is -0.280 e. The number of allylic oxidation sites excluding steroid dienone is 2. The monoisotopic (exact) mass is 140 g/mol. The van der Waals surface area contributed by atoms with Crippen LogP contribution in [0.2, 0.25) is 0 Å². The van der Waals surface area contributed by atoms with Crippen molar-refractivity contribution >= 4 is 0 Å². The van der Waals surface area contributed by atoms with Gasteiger partial charge in [-0.25, -0.2) is 0 Å². The second kappa shape index (κ2) is 6.12. The standard InChI is InChI=1S/C7H12N2O/c1-7(9-10-2)5-3-4-6-8/h5,9H,3-4H2,1-2H3/b7-5+. The zero-order valence-corrected chi connectivity index (χ0v) is 6.35. The highest BCUT2D eigenvalue weighted by Gasteiger charge is 1.83. The van der Waals surface area contributed by atoms with Crippen LogP contribution >= 0.6 is 0 Å². The van der Waals surface area contributed by atoms with Crippen LogP contribution < -0.4 is 5.48 Å². The maximum atomic E-state index is 8.18. The minimum atomic E-state index is 0.558. The summed E-state index contributed by atoms with van der Waals surface area (Å²) in [5.41, 5.74) is 3.60. The number of hydrogen-bond acceptors (Lipinski definition) is 3. The summed E-state index contributed by atoms with van der Waals surface area (Å²) >= 11 is 0. The molecule has 0 rings (SSSR count). The SMILES string of the molecule is CON/C(C)=C/CCC#N. The lowest BCUT2D eigenvalue weighted by Gasteiger charge is -2.00. The van der Waals surface area contributed by atoms with Gasteiger partial charge in [0.1, 0.15) is 0 Å². The number of rotatable bonds is 4. The molecule has 10 heavy (non-hydrogen) atoms. The molecule has 0 aliphatic rings. The Morgan fingerprint density at radius 2 is 2.50 bits per heavy atom. The van der Waals surface area contributed by atoms with Crippen LogP contribution in [-0.2, 0) is 4.84 Å². The molecular weight excluding hydrogens is 128 g/mol. The summed E-state index contributed by atoms with van der Waals surface area (Å²) < 4.78 is 0. The summed E-state index contributed by atoms with van der Waals surface area (Å²) in [7, 11) is 1.56. The van der Waals surface area contributed by atoms with Crippen molar-refractivity contribution in [2.45, 2.75) is 19.8 Å². The highest BCUT2D eigenvalue weighted by molar-refractivity contribution is 4.94. The number of unbranched alkanes of at least 4 members (excludes halogenated alkanes) is 1. The first-order chi connectivity index (χ1) is 4.81. The second-order valence-corrected chi connectivity index (χ2v) is 1.89. The van der Waals surface area contributed by atoms with E-state index < -0.39 is 0 Å². The van der Waals surface area contributed by atoms with Gasteiger partial charge in [0.25, 0.3) is 0 Å². The van der Waals surface area contributed by atoms with Crippen LogP contribution in [0.3, 0.4) is 0 Å². The molecule has 0 aromatic rings. The fraction of sp³-hybridized carbons (Fsp3) is 0.571. The van der Waals surface area contributed by atoms with Crippen molar-refractivity contribution in [1.82, 2.24) is 5.48 Å². The second-order valence-electron chi connectivity index (χ2n) is 1.89. The smallest absolute Gasteiger partial charge is 0.0636 e. The Bertz CT molecular complexity index is 146. The first-order valence-corrected chi connectivity index (χ1v) is 3.14. The molecule has 0 fully saturated rings. The molecular formula is C7H12N2O. The van der Waals surface area contributed by atoms with Crippen LogP contribution in [0.4, 0.5) is 0 Å². The highest BCUT2D eigenvalue weighted by atomic mass is 16.6. The zero-order chi connectivity index (χ0) is 7.82. The molecule has 1 N–H and O–H groups in total. The van der Waals surface area contributed by atoms with Gasteiger partial charge in [0, 0.05) is 12.1 Å². The first kappa shape index (κ1) is 8.99. The van der Waals surface area contributed by atoms with Crippen molar-refractivity contribution in [3.63, 3.8) is 0 Å². The third-order valence-corrected chi connectivity index (χ3v) is 0.970. The third-order valence-electron chi connectivity index (χ3n) is 0.970. The number of hydroxylamine groups is 1. The van der Waals surface area contributed by atoms with Gasteiger partial charge in [-0.05, 0) is 13.3 Å². The number of hydrogen-bond donors (Lipinski definition) is 1. The van der Waals surface area contributed by atoms with E-state index in [2.05, 4.69) is 16.4 Å². The van der Waals surface area contributed by atoms with E-state index in [1.165, 1.54) is 0 Å². The van der Waals surface area contributed by atoms with Gasteiger partial charge in [-0.3, -0.25) is 10.3 Å². The Morgan fingerprint density at radius 3 is 3.00 bits per heavy atom. The van der Waals surface area contributed by atoms with Crippen LogP contribution in [0, 0.1) is 11.3 Å². The van der Waals surface area contributed by atoms with E-state index >= 15 is 0 Å². The largest absolute Gasteiger partial charge is 0.280 e. The van der Waals surface area contributed by atoms with Gasteiger partial charge in [0.05, 0.1) is 13.2 Å². The maximum Gasteiger partial charge on any atom is 0.0636 e. The number of nitrogens with one attached hydrogen (secondary N) is 1. The van der Waals surface area contributed by atoms with Gasteiger partial charge in [-0.2, -0.15) is 5.26 Å². The molecule has 0 unspecified atom stereocenters. The molecule has 0 aliphatic heterocycles. The molecule has 0 aromatic heterocycles. The summed E-state index contributed by atoms with van der Waals surface area (Å²) in [6.45, 7) is 1.89. The van der Waals surface area contributed by atoms with Crippen LogP contribution in [0.25, 0.3) is 0 Å². The first-order valence-electron chi connectivity index (χ1n) is 3.14. The van der Waals surface area contributed by atoms with Crippen molar-refractivity contribution in [2.24, 2.45) is 0 Å². The highest BCUT2D eigenvalue weighted by Crippen LogP contribution is 1.93. The lowest BCUT2D eigenvalue weighted by atomic mass is 10.3. The summed E-state index contributed by atoms with van der Waals surface area (Å²) in [4.78, 5) is 4.63. The molecule has 0 aromatic carbocycles. The lowest BCUT2D eigenvalue weighted by molar-refractivity contribution is 0.118. The average Bonchev–Trinajstić information content (AvgIpc) is 1.89. The van der Waals surface area contributed by atoms with E-state index in [1.54, 1.807) is 7.11 Å². The molecule has 0 bridgehead atoms. The van der Waals surface area contributed by atoms with E-state index in [0.717, 1.165) is 12.1 Å². The molecule has 0 spiro atoms. The Labute approximate surface area is 61.2 Å². The summed E-state index contributed by atoms with van der Waals surface area (Å²) in [6, 6.07) is 2.05.